The SMILES string of the molecule is CNS(=O)(=O)c1cc(C(=O)N(C)CCC#N)cc(C)c1C. The molecule has 0 saturated carbocycles. The van der Waals surface area contributed by atoms with E-state index in [0.29, 0.717) is 17.7 Å². The van der Waals surface area contributed by atoms with Crippen molar-refractivity contribution in [3.63, 3.8) is 0 Å². The molecule has 0 bridgehead atoms. The van der Waals surface area contributed by atoms with Gasteiger partial charge in [-0.25, -0.2) is 13.1 Å². The van der Waals surface area contributed by atoms with Crippen LogP contribution in [0.5, 0.6) is 0 Å². The van der Waals surface area contributed by atoms with Crippen LogP contribution in [0.25, 0.3) is 0 Å². The van der Waals surface area contributed by atoms with Crippen LogP contribution >= 0.6 is 0 Å². The maximum Gasteiger partial charge on any atom is 0.253 e. The summed E-state index contributed by atoms with van der Waals surface area (Å²) in [5.41, 5.74) is 1.64. The van der Waals surface area contributed by atoms with Crippen LogP contribution in [0.2, 0.25) is 0 Å². The minimum Gasteiger partial charge on any atom is -0.341 e. The Kier molecular flexibility index (Phi) is 5.47. The molecule has 21 heavy (non-hydrogen) atoms. The third-order valence-corrected chi connectivity index (χ3v) is 4.87. The molecule has 1 amide bonds. The van der Waals surface area contributed by atoms with Gasteiger partial charge in [-0.15, -0.1) is 0 Å². The quantitative estimate of drug-likeness (QED) is 0.884. The van der Waals surface area contributed by atoms with E-state index in [2.05, 4.69) is 4.72 Å². The summed E-state index contributed by atoms with van der Waals surface area (Å²) in [6.07, 6.45) is 0.231. The van der Waals surface area contributed by atoms with Crippen LogP contribution in [-0.2, 0) is 10.0 Å². The predicted octanol–water partition coefficient (Wildman–Crippen LogP) is 1.20. The second-order valence-corrected chi connectivity index (χ2v) is 6.61. The maximum absolute atomic E-state index is 12.3. The number of nitrogens with zero attached hydrogens (tertiary/aromatic N) is 2. The number of hydrogen-bond acceptors (Lipinski definition) is 4. The molecule has 0 fully saturated rings. The second kappa shape index (κ2) is 6.70. The Labute approximate surface area is 125 Å². The van der Waals surface area contributed by atoms with E-state index in [4.69, 9.17) is 5.26 Å². The first-order chi connectivity index (χ1) is 9.74. The average Bonchev–Trinajstić information content (AvgIpc) is 2.46. The van der Waals surface area contributed by atoms with Gasteiger partial charge < -0.3 is 4.90 Å². The lowest BCUT2D eigenvalue weighted by Gasteiger charge is -2.17. The number of nitriles is 1. The number of sulfonamides is 1. The number of benzene rings is 1. The minimum atomic E-state index is -3.62. The van der Waals surface area contributed by atoms with E-state index in [0.717, 1.165) is 5.56 Å². The Hall–Kier alpha value is -1.91. The zero-order valence-electron chi connectivity index (χ0n) is 12.6. The van der Waals surface area contributed by atoms with Gasteiger partial charge in [0, 0.05) is 19.2 Å². The zero-order chi connectivity index (χ0) is 16.2. The highest BCUT2D eigenvalue weighted by atomic mass is 32.2. The zero-order valence-corrected chi connectivity index (χ0v) is 13.4. The second-order valence-electron chi connectivity index (χ2n) is 4.76. The predicted molar refractivity (Wildman–Crippen MR) is 79.4 cm³/mol. The molecule has 0 aliphatic rings. The highest BCUT2D eigenvalue weighted by molar-refractivity contribution is 7.89. The molecule has 0 saturated heterocycles. The van der Waals surface area contributed by atoms with Gasteiger partial charge >= 0.3 is 0 Å². The molecule has 0 radical (unpaired) electrons. The standard InChI is InChI=1S/C14H19N3O3S/c1-10-8-12(14(18)17(4)7-5-6-15)9-13(11(10)2)21(19,20)16-3/h8-9,16H,5,7H2,1-4H3. The third kappa shape index (κ3) is 3.80. The van der Waals surface area contributed by atoms with Crippen molar-refractivity contribution in [2.24, 2.45) is 0 Å². The van der Waals surface area contributed by atoms with Gasteiger partial charge in [0.15, 0.2) is 0 Å². The molecule has 0 heterocycles. The molecule has 0 unspecified atom stereocenters. The largest absolute Gasteiger partial charge is 0.341 e. The number of carbonyl (C=O) groups excluding carboxylic acids is 1. The minimum absolute atomic E-state index is 0.0991. The highest BCUT2D eigenvalue weighted by Crippen LogP contribution is 2.21. The van der Waals surface area contributed by atoms with Crippen molar-refractivity contribution in [1.29, 1.82) is 5.26 Å². The summed E-state index contributed by atoms with van der Waals surface area (Å²) in [6.45, 7) is 3.76. The number of carbonyl (C=O) groups is 1. The van der Waals surface area contributed by atoms with Crippen LogP contribution in [0.3, 0.4) is 0 Å². The lowest BCUT2D eigenvalue weighted by molar-refractivity contribution is 0.0797. The van der Waals surface area contributed by atoms with E-state index in [1.165, 1.54) is 18.0 Å². The van der Waals surface area contributed by atoms with Crippen molar-refractivity contribution in [2.75, 3.05) is 20.6 Å². The summed E-state index contributed by atoms with van der Waals surface area (Å²) in [5.74, 6) is -0.305. The molecular weight excluding hydrogens is 290 g/mol. The molecule has 6 nitrogen and oxygen atoms in total. The molecule has 0 aliphatic heterocycles. The van der Waals surface area contributed by atoms with Gasteiger partial charge in [-0.05, 0) is 44.2 Å². The van der Waals surface area contributed by atoms with Crippen LogP contribution in [0, 0.1) is 25.2 Å². The number of rotatable bonds is 5. The van der Waals surface area contributed by atoms with Gasteiger partial charge in [-0.3, -0.25) is 4.79 Å². The number of hydrogen-bond donors (Lipinski definition) is 1. The Balaban J connectivity index is 3.29. The molecular formula is C14H19N3O3S. The van der Waals surface area contributed by atoms with Crippen molar-refractivity contribution in [3.8, 4) is 6.07 Å². The fourth-order valence-corrected chi connectivity index (χ4v) is 2.95. The lowest BCUT2D eigenvalue weighted by atomic mass is 10.1. The van der Waals surface area contributed by atoms with Crippen molar-refractivity contribution in [1.82, 2.24) is 9.62 Å². The molecule has 114 valence electrons. The van der Waals surface area contributed by atoms with Crippen molar-refractivity contribution >= 4 is 15.9 Å². The summed E-state index contributed by atoms with van der Waals surface area (Å²) in [5, 5.41) is 8.56. The van der Waals surface area contributed by atoms with E-state index in [9.17, 15) is 13.2 Å². The van der Waals surface area contributed by atoms with Gasteiger partial charge in [-0.2, -0.15) is 5.26 Å². The van der Waals surface area contributed by atoms with Gasteiger partial charge in [0.2, 0.25) is 10.0 Å². The smallest absolute Gasteiger partial charge is 0.253 e. The Morgan fingerprint density at radius 3 is 2.52 bits per heavy atom. The van der Waals surface area contributed by atoms with E-state index in [-0.39, 0.29) is 17.2 Å². The monoisotopic (exact) mass is 309 g/mol. The number of aryl methyl sites for hydroxylation is 1. The Morgan fingerprint density at radius 2 is 2.00 bits per heavy atom. The Bertz CT molecular complexity index is 690. The summed E-state index contributed by atoms with van der Waals surface area (Å²) in [4.78, 5) is 13.8. The van der Waals surface area contributed by atoms with Crippen molar-refractivity contribution < 1.29 is 13.2 Å². The molecule has 0 spiro atoms. The number of amides is 1. The molecule has 1 rings (SSSR count). The number of nitrogens with one attached hydrogen (secondary N) is 1. The lowest BCUT2D eigenvalue weighted by Crippen LogP contribution is -2.28. The molecule has 0 atom stereocenters. The normalized spacial score (nSPS) is 11.0. The van der Waals surface area contributed by atoms with Crippen molar-refractivity contribution in [3.05, 3.63) is 28.8 Å². The van der Waals surface area contributed by atoms with E-state index < -0.39 is 10.0 Å². The summed E-state index contributed by atoms with van der Waals surface area (Å²) < 4.78 is 26.3. The van der Waals surface area contributed by atoms with Gasteiger partial charge in [-0.1, -0.05) is 0 Å². The third-order valence-electron chi connectivity index (χ3n) is 3.33. The van der Waals surface area contributed by atoms with Gasteiger partial charge in [0.05, 0.1) is 17.4 Å². The first-order valence-corrected chi connectivity index (χ1v) is 7.90. The highest BCUT2D eigenvalue weighted by Gasteiger charge is 2.20. The first kappa shape index (κ1) is 17.1. The topological polar surface area (TPSA) is 90.3 Å². The molecule has 1 N–H and O–H groups in total. The van der Waals surface area contributed by atoms with Gasteiger partial charge in [0.25, 0.3) is 5.91 Å². The molecule has 1 aromatic rings. The van der Waals surface area contributed by atoms with E-state index >= 15 is 0 Å². The van der Waals surface area contributed by atoms with Crippen LogP contribution in [0.15, 0.2) is 17.0 Å². The fraction of sp³-hybridized carbons (Fsp3) is 0.429. The van der Waals surface area contributed by atoms with E-state index in [1.54, 1.807) is 27.0 Å². The molecule has 0 aromatic heterocycles. The van der Waals surface area contributed by atoms with Crippen LogP contribution < -0.4 is 4.72 Å². The summed E-state index contributed by atoms with van der Waals surface area (Å²) >= 11 is 0. The summed E-state index contributed by atoms with van der Waals surface area (Å²) in [6, 6.07) is 5.01. The van der Waals surface area contributed by atoms with Crippen LogP contribution in [-0.4, -0.2) is 39.9 Å². The van der Waals surface area contributed by atoms with Crippen molar-refractivity contribution in [2.45, 2.75) is 25.2 Å². The van der Waals surface area contributed by atoms with Gasteiger partial charge in [0.1, 0.15) is 0 Å². The average molecular weight is 309 g/mol. The Morgan fingerprint density at radius 1 is 1.38 bits per heavy atom. The molecule has 7 heteroatoms. The van der Waals surface area contributed by atoms with Crippen LogP contribution in [0.1, 0.15) is 27.9 Å². The van der Waals surface area contributed by atoms with E-state index in [1.807, 2.05) is 6.07 Å². The maximum atomic E-state index is 12.3. The summed E-state index contributed by atoms with van der Waals surface area (Å²) in [7, 11) is -0.708. The molecule has 0 aliphatic carbocycles. The fourth-order valence-electron chi connectivity index (χ4n) is 1.88. The first-order valence-electron chi connectivity index (χ1n) is 6.41. The molecule has 1 aromatic carbocycles. The van der Waals surface area contributed by atoms with Crippen LogP contribution in [0.4, 0.5) is 0 Å².